The third kappa shape index (κ3) is 2.09. The number of likely N-dealkylation sites (N-methyl/N-ethyl adjacent to an activating group) is 1. The van der Waals surface area contributed by atoms with Gasteiger partial charge in [-0.05, 0) is 26.4 Å². The fourth-order valence-corrected chi connectivity index (χ4v) is 2.40. The van der Waals surface area contributed by atoms with Gasteiger partial charge < -0.3 is 4.90 Å². The molecule has 0 amide bonds. The molecule has 0 N–H and O–H groups in total. The number of nitrogens with zero attached hydrogens (tertiary/aromatic N) is 2. The number of Topliss-reactive ketones (excluding diaryl/α,β-unsaturated/α-hetero) is 1. The first-order valence-corrected chi connectivity index (χ1v) is 5.20. The van der Waals surface area contributed by atoms with Crippen molar-refractivity contribution in [3.05, 3.63) is 0 Å². The molecule has 74 valence electrons. The standard InChI is InChI=1S/C10H18N2O/c1-11-5-2-3-9(7-11)12-6-4-10(13)8-12/h9H,2-8H2,1H3. The Morgan fingerprint density at radius 2 is 2.23 bits per heavy atom. The van der Waals surface area contributed by atoms with E-state index in [0.29, 0.717) is 18.4 Å². The third-order valence-corrected chi connectivity index (χ3v) is 3.17. The number of rotatable bonds is 1. The smallest absolute Gasteiger partial charge is 0.148 e. The summed E-state index contributed by atoms with van der Waals surface area (Å²) in [6, 6.07) is 0.644. The molecule has 2 rings (SSSR count). The Morgan fingerprint density at radius 3 is 2.85 bits per heavy atom. The summed E-state index contributed by atoms with van der Waals surface area (Å²) < 4.78 is 0. The number of likely N-dealkylation sites (tertiary alicyclic amines) is 2. The van der Waals surface area contributed by atoms with Gasteiger partial charge in [-0.1, -0.05) is 0 Å². The van der Waals surface area contributed by atoms with E-state index in [0.717, 1.165) is 19.5 Å². The molecule has 1 atom stereocenters. The van der Waals surface area contributed by atoms with Gasteiger partial charge in [-0.15, -0.1) is 0 Å². The molecule has 2 fully saturated rings. The lowest BCUT2D eigenvalue weighted by molar-refractivity contribution is -0.117. The average molecular weight is 182 g/mol. The van der Waals surface area contributed by atoms with E-state index in [1.54, 1.807) is 0 Å². The predicted molar refractivity (Wildman–Crippen MR) is 51.7 cm³/mol. The number of piperidine rings is 1. The van der Waals surface area contributed by atoms with Gasteiger partial charge in [-0.2, -0.15) is 0 Å². The second-order valence-corrected chi connectivity index (χ2v) is 4.32. The minimum absolute atomic E-state index is 0.424. The van der Waals surface area contributed by atoms with E-state index in [4.69, 9.17) is 0 Å². The molecule has 0 aliphatic carbocycles. The summed E-state index contributed by atoms with van der Waals surface area (Å²) in [6.45, 7) is 4.07. The first-order chi connectivity index (χ1) is 6.25. The summed E-state index contributed by atoms with van der Waals surface area (Å²) in [5.74, 6) is 0.424. The van der Waals surface area contributed by atoms with Crippen LogP contribution in [-0.2, 0) is 4.79 Å². The Morgan fingerprint density at radius 1 is 1.38 bits per heavy atom. The van der Waals surface area contributed by atoms with Gasteiger partial charge >= 0.3 is 0 Å². The fourth-order valence-electron chi connectivity index (χ4n) is 2.40. The highest BCUT2D eigenvalue weighted by Crippen LogP contribution is 2.17. The molecular formula is C10H18N2O. The zero-order chi connectivity index (χ0) is 9.26. The van der Waals surface area contributed by atoms with Crippen LogP contribution in [0.1, 0.15) is 19.3 Å². The quantitative estimate of drug-likeness (QED) is 0.585. The largest absolute Gasteiger partial charge is 0.305 e. The monoisotopic (exact) mass is 182 g/mol. The number of ketones is 1. The van der Waals surface area contributed by atoms with Gasteiger partial charge in [-0.25, -0.2) is 0 Å². The topological polar surface area (TPSA) is 23.6 Å². The minimum Gasteiger partial charge on any atom is -0.305 e. The van der Waals surface area contributed by atoms with Crippen molar-refractivity contribution < 1.29 is 4.79 Å². The predicted octanol–water partition coefficient (Wildman–Crippen LogP) is 0.355. The molecule has 0 spiro atoms. The maximum Gasteiger partial charge on any atom is 0.148 e. The molecule has 2 aliphatic rings. The Hall–Kier alpha value is -0.410. The van der Waals surface area contributed by atoms with Gasteiger partial charge in [0.2, 0.25) is 0 Å². The van der Waals surface area contributed by atoms with Gasteiger partial charge in [-0.3, -0.25) is 9.69 Å². The molecule has 2 saturated heterocycles. The summed E-state index contributed by atoms with van der Waals surface area (Å²) in [6.07, 6.45) is 3.34. The zero-order valence-electron chi connectivity index (χ0n) is 8.33. The molecule has 3 nitrogen and oxygen atoms in total. The minimum atomic E-state index is 0.424. The highest BCUT2D eigenvalue weighted by Gasteiger charge is 2.28. The van der Waals surface area contributed by atoms with Crippen LogP contribution >= 0.6 is 0 Å². The van der Waals surface area contributed by atoms with Crippen molar-refractivity contribution in [3.63, 3.8) is 0 Å². The molecule has 0 aromatic carbocycles. The van der Waals surface area contributed by atoms with Crippen molar-refractivity contribution in [2.75, 3.05) is 33.2 Å². The summed E-state index contributed by atoms with van der Waals surface area (Å²) in [4.78, 5) is 15.9. The van der Waals surface area contributed by atoms with Gasteiger partial charge in [0, 0.05) is 25.6 Å². The van der Waals surface area contributed by atoms with E-state index in [-0.39, 0.29) is 0 Å². The SMILES string of the molecule is CN1CCCC(N2CCC(=O)C2)C1. The highest BCUT2D eigenvalue weighted by molar-refractivity contribution is 5.82. The molecule has 0 bridgehead atoms. The number of carbonyl (C=O) groups excluding carboxylic acids is 1. The number of carbonyl (C=O) groups is 1. The van der Waals surface area contributed by atoms with Crippen LogP contribution in [0, 0.1) is 0 Å². The van der Waals surface area contributed by atoms with Crippen LogP contribution < -0.4 is 0 Å². The molecule has 0 radical (unpaired) electrons. The normalized spacial score (nSPS) is 32.7. The van der Waals surface area contributed by atoms with Gasteiger partial charge in [0.25, 0.3) is 0 Å². The maximum atomic E-state index is 11.1. The molecule has 0 saturated carbocycles. The van der Waals surface area contributed by atoms with Crippen LogP contribution in [0.2, 0.25) is 0 Å². The van der Waals surface area contributed by atoms with E-state index in [9.17, 15) is 4.79 Å². The van der Waals surface area contributed by atoms with E-state index in [1.165, 1.54) is 19.4 Å². The fraction of sp³-hybridized carbons (Fsp3) is 0.900. The number of hydrogen-bond donors (Lipinski definition) is 0. The van der Waals surface area contributed by atoms with Gasteiger partial charge in [0.15, 0.2) is 0 Å². The third-order valence-electron chi connectivity index (χ3n) is 3.17. The van der Waals surface area contributed by atoms with Crippen LogP contribution in [0.3, 0.4) is 0 Å². The maximum absolute atomic E-state index is 11.1. The molecule has 3 heteroatoms. The van der Waals surface area contributed by atoms with Crippen molar-refractivity contribution in [3.8, 4) is 0 Å². The van der Waals surface area contributed by atoms with Crippen molar-refractivity contribution in [1.82, 2.24) is 9.80 Å². The summed E-state index contributed by atoms with van der Waals surface area (Å²) in [7, 11) is 2.17. The molecule has 0 aromatic rings. The Kier molecular flexibility index (Phi) is 2.65. The van der Waals surface area contributed by atoms with Crippen LogP contribution in [0.4, 0.5) is 0 Å². The van der Waals surface area contributed by atoms with Crippen molar-refractivity contribution in [2.24, 2.45) is 0 Å². The van der Waals surface area contributed by atoms with E-state index < -0.39 is 0 Å². The lowest BCUT2D eigenvalue weighted by Gasteiger charge is -2.35. The lowest BCUT2D eigenvalue weighted by Crippen LogP contribution is -2.45. The van der Waals surface area contributed by atoms with Crippen molar-refractivity contribution >= 4 is 5.78 Å². The van der Waals surface area contributed by atoms with Gasteiger partial charge in [0.1, 0.15) is 5.78 Å². The van der Waals surface area contributed by atoms with Gasteiger partial charge in [0.05, 0.1) is 6.54 Å². The van der Waals surface area contributed by atoms with Crippen LogP contribution in [0.25, 0.3) is 0 Å². The second-order valence-electron chi connectivity index (χ2n) is 4.32. The summed E-state index contributed by atoms with van der Waals surface area (Å²) in [5.41, 5.74) is 0. The number of hydrogen-bond acceptors (Lipinski definition) is 3. The lowest BCUT2D eigenvalue weighted by atomic mass is 10.1. The highest BCUT2D eigenvalue weighted by atomic mass is 16.1. The van der Waals surface area contributed by atoms with Crippen LogP contribution in [-0.4, -0.2) is 54.9 Å². The Labute approximate surface area is 79.7 Å². The zero-order valence-corrected chi connectivity index (χ0v) is 8.33. The molecule has 13 heavy (non-hydrogen) atoms. The summed E-state index contributed by atoms with van der Waals surface area (Å²) in [5, 5.41) is 0. The molecule has 0 aromatic heterocycles. The van der Waals surface area contributed by atoms with Crippen molar-refractivity contribution in [1.29, 1.82) is 0 Å². The molecule has 2 heterocycles. The second kappa shape index (κ2) is 3.76. The molecule has 2 aliphatic heterocycles. The first-order valence-electron chi connectivity index (χ1n) is 5.20. The van der Waals surface area contributed by atoms with Crippen LogP contribution in [0.5, 0.6) is 0 Å². The van der Waals surface area contributed by atoms with E-state index >= 15 is 0 Å². The molecular weight excluding hydrogens is 164 g/mol. The van der Waals surface area contributed by atoms with Crippen LogP contribution in [0.15, 0.2) is 0 Å². The Bertz CT molecular complexity index is 205. The first kappa shape index (κ1) is 9.16. The Balaban J connectivity index is 1.89. The van der Waals surface area contributed by atoms with E-state index in [2.05, 4.69) is 16.8 Å². The molecule has 1 unspecified atom stereocenters. The van der Waals surface area contributed by atoms with E-state index in [1.807, 2.05) is 0 Å². The van der Waals surface area contributed by atoms with Crippen molar-refractivity contribution in [2.45, 2.75) is 25.3 Å². The average Bonchev–Trinajstić information content (AvgIpc) is 2.52. The summed E-state index contributed by atoms with van der Waals surface area (Å²) >= 11 is 0.